The van der Waals surface area contributed by atoms with Crippen LogP contribution in [0.4, 0.5) is 0 Å². The maximum Gasteiger partial charge on any atom is 0.0594 e. The van der Waals surface area contributed by atoms with E-state index >= 15 is 0 Å². The third-order valence-corrected chi connectivity index (χ3v) is 6.34. The van der Waals surface area contributed by atoms with Crippen LogP contribution in [0.5, 0.6) is 0 Å². The summed E-state index contributed by atoms with van der Waals surface area (Å²) < 4.78 is 5.59. The lowest BCUT2D eigenvalue weighted by Gasteiger charge is -2.30. The van der Waals surface area contributed by atoms with Crippen molar-refractivity contribution in [2.24, 2.45) is 0 Å². The zero-order chi connectivity index (χ0) is 17.9. The van der Waals surface area contributed by atoms with Crippen LogP contribution in [0.2, 0.25) is 0 Å². The van der Waals surface area contributed by atoms with Crippen LogP contribution < -0.4 is 0 Å². The Hall–Kier alpha value is -1.20. The van der Waals surface area contributed by atoms with Crippen molar-refractivity contribution in [2.45, 2.75) is 43.9 Å². The fourth-order valence-corrected chi connectivity index (χ4v) is 4.89. The molecule has 2 saturated heterocycles. The van der Waals surface area contributed by atoms with Crippen LogP contribution in [0.25, 0.3) is 6.08 Å². The average Bonchev–Trinajstić information content (AvgIpc) is 3.46. The smallest absolute Gasteiger partial charge is 0.0594 e. The standard InChI is InChI=1S/C22H33N3O/c1-3-18-7-9-19(10-8-18)17-23(2)20-21(24-11-5-4-6-12-24)22(20)25-13-15-26-16-14-25/h3,7-10,20-22H,1,4-6,11-17H2,2H3. The molecule has 3 unspecified atom stereocenters. The van der Waals surface area contributed by atoms with E-state index in [1.54, 1.807) is 0 Å². The molecule has 1 aromatic rings. The quantitative estimate of drug-likeness (QED) is 0.781. The maximum absolute atomic E-state index is 5.59. The van der Waals surface area contributed by atoms with Crippen LogP contribution >= 0.6 is 0 Å². The summed E-state index contributed by atoms with van der Waals surface area (Å²) in [6.45, 7) is 11.4. The first-order valence-corrected chi connectivity index (χ1v) is 10.3. The van der Waals surface area contributed by atoms with E-state index in [1.165, 1.54) is 43.5 Å². The number of ether oxygens (including phenoxy) is 1. The summed E-state index contributed by atoms with van der Waals surface area (Å²) in [4.78, 5) is 8.04. The van der Waals surface area contributed by atoms with Crippen molar-refractivity contribution < 1.29 is 4.74 Å². The molecule has 3 atom stereocenters. The summed E-state index contributed by atoms with van der Waals surface area (Å²) in [6.07, 6.45) is 6.05. The topological polar surface area (TPSA) is 19.0 Å². The summed E-state index contributed by atoms with van der Waals surface area (Å²) >= 11 is 0. The van der Waals surface area contributed by atoms with Gasteiger partial charge in [0, 0.05) is 37.8 Å². The van der Waals surface area contributed by atoms with Crippen molar-refractivity contribution in [3.05, 3.63) is 42.0 Å². The molecule has 1 aliphatic carbocycles. The van der Waals surface area contributed by atoms with Crippen molar-refractivity contribution in [1.29, 1.82) is 0 Å². The van der Waals surface area contributed by atoms with Crippen molar-refractivity contribution in [2.75, 3.05) is 46.4 Å². The molecule has 1 saturated carbocycles. The van der Waals surface area contributed by atoms with Gasteiger partial charge in [-0.2, -0.15) is 0 Å². The third kappa shape index (κ3) is 3.89. The summed E-state index contributed by atoms with van der Waals surface area (Å²) in [5, 5.41) is 0. The highest BCUT2D eigenvalue weighted by Gasteiger charge is 2.58. The summed E-state index contributed by atoms with van der Waals surface area (Å²) in [6, 6.07) is 10.9. The Morgan fingerprint density at radius 3 is 2.23 bits per heavy atom. The van der Waals surface area contributed by atoms with Gasteiger partial charge in [0.2, 0.25) is 0 Å². The molecule has 4 nitrogen and oxygen atoms in total. The predicted octanol–water partition coefficient (Wildman–Crippen LogP) is 2.70. The normalized spacial score (nSPS) is 30.5. The van der Waals surface area contributed by atoms with Gasteiger partial charge in [0.1, 0.15) is 0 Å². The average molecular weight is 356 g/mol. The molecule has 3 fully saturated rings. The molecule has 26 heavy (non-hydrogen) atoms. The first-order valence-electron chi connectivity index (χ1n) is 10.3. The first kappa shape index (κ1) is 18.2. The molecule has 0 aromatic heterocycles. The zero-order valence-electron chi connectivity index (χ0n) is 16.1. The number of piperidine rings is 1. The highest BCUT2D eigenvalue weighted by Crippen LogP contribution is 2.40. The van der Waals surface area contributed by atoms with Gasteiger partial charge in [-0.05, 0) is 44.1 Å². The van der Waals surface area contributed by atoms with Gasteiger partial charge >= 0.3 is 0 Å². The fourth-order valence-electron chi connectivity index (χ4n) is 4.89. The van der Waals surface area contributed by atoms with Crippen LogP contribution in [0.3, 0.4) is 0 Å². The summed E-state index contributed by atoms with van der Waals surface area (Å²) in [5.41, 5.74) is 2.59. The van der Waals surface area contributed by atoms with Gasteiger partial charge in [-0.15, -0.1) is 0 Å². The Bertz CT molecular complexity index is 566. The number of hydrogen-bond donors (Lipinski definition) is 0. The largest absolute Gasteiger partial charge is 0.379 e. The Kier molecular flexibility index (Phi) is 5.75. The number of rotatable bonds is 6. The fraction of sp³-hybridized carbons (Fsp3) is 0.636. The van der Waals surface area contributed by atoms with E-state index < -0.39 is 0 Å². The van der Waals surface area contributed by atoms with Gasteiger partial charge in [-0.25, -0.2) is 0 Å². The monoisotopic (exact) mass is 355 g/mol. The van der Waals surface area contributed by atoms with Gasteiger partial charge < -0.3 is 4.74 Å². The number of likely N-dealkylation sites (N-methyl/N-ethyl adjacent to an activating group) is 1. The number of nitrogens with zero attached hydrogens (tertiary/aromatic N) is 3. The molecule has 1 aromatic carbocycles. The van der Waals surface area contributed by atoms with Crippen molar-refractivity contribution in [1.82, 2.24) is 14.7 Å². The Balaban J connectivity index is 1.44. The maximum atomic E-state index is 5.59. The molecule has 142 valence electrons. The van der Waals surface area contributed by atoms with E-state index in [2.05, 4.69) is 52.6 Å². The number of likely N-dealkylation sites (tertiary alicyclic amines) is 1. The number of hydrogen-bond acceptors (Lipinski definition) is 4. The van der Waals surface area contributed by atoms with E-state index in [0.717, 1.165) is 32.8 Å². The second-order valence-corrected chi connectivity index (χ2v) is 8.08. The van der Waals surface area contributed by atoms with Crippen LogP contribution in [-0.2, 0) is 11.3 Å². The van der Waals surface area contributed by atoms with Crippen molar-refractivity contribution in [3.8, 4) is 0 Å². The summed E-state index contributed by atoms with van der Waals surface area (Å²) in [5.74, 6) is 0. The highest BCUT2D eigenvalue weighted by molar-refractivity contribution is 5.47. The van der Waals surface area contributed by atoms with Crippen molar-refractivity contribution >= 4 is 6.08 Å². The summed E-state index contributed by atoms with van der Waals surface area (Å²) in [7, 11) is 2.31. The minimum atomic E-state index is 0.644. The first-order chi connectivity index (χ1) is 12.8. The minimum Gasteiger partial charge on any atom is -0.379 e. The van der Waals surface area contributed by atoms with Crippen LogP contribution in [0.1, 0.15) is 30.4 Å². The Morgan fingerprint density at radius 1 is 1.00 bits per heavy atom. The molecule has 3 aliphatic rings. The molecule has 0 spiro atoms. The third-order valence-electron chi connectivity index (χ3n) is 6.34. The van der Waals surface area contributed by atoms with E-state index in [0.29, 0.717) is 18.1 Å². The van der Waals surface area contributed by atoms with Crippen molar-refractivity contribution in [3.63, 3.8) is 0 Å². The van der Waals surface area contributed by atoms with Gasteiger partial charge in [0.05, 0.1) is 13.2 Å². The lowest BCUT2D eigenvalue weighted by molar-refractivity contribution is 0.0259. The Morgan fingerprint density at radius 2 is 1.62 bits per heavy atom. The van der Waals surface area contributed by atoms with Crippen LogP contribution in [-0.4, -0.2) is 79.3 Å². The number of benzene rings is 1. The van der Waals surface area contributed by atoms with Gasteiger partial charge in [-0.1, -0.05) is 43.3 Å². The molecule has 2 heterocycles. The predicted molar refractivity (Wildman–Crippen MR) is 107 cm³/mol. The van der Waals surface area contributed by atoms with E-state index in [4.69, 9.17) is 4.74 Å². The van der Waals surface area contributed by atoms with Gasteiger partial charge in [0.15, 0.2) is 0 Å². The molecule has 0 bridgehead atoms. The zero-order valence-corrected chi connectivity index (χ0v) is 16.1. The SMILES string of the molecule is C=Cc1ccc(CN(C)C2C(N3CCCCC3)C2N2CCOCC2)cc1. The lowest BCUT2D eigenvalue weighted by atomic mass is 10.1. The molecular weight excluding hydrogens is 322 g/mol. The second-order valence-electron chi connectivity index (χ2n) is 8.08. The Labute approximate surface area is 158 Å². The molecular formula is C22H33N3O. The van der Waals surface area contributed by atoms with Crippen LogP contribution in [0, 0.1) is 0 Å². The van der Waals surface area contributed by atoms with Gasteiger partial charge in [-0.3, -0.25) is 14.7 Å². The lowest BCUT2D eigenvalue weighted by Crippen LogP contribution is -2.42. The minimum absolute atomic E-state index is 0.644. The van der Waals surface area contributed by atoms with Crippen LogP contribution in [0.15, 0.2) is 30.8 Å². The van der Waals surface area contributed by atoms with Gasteiger partial charge in [0.25, 0.3) is 0 Å². The highest BCUT2D eigenvalue weighted by atomic mass is 16.5. The molecule has 0 N–H and O–H groups in total. The van der Waals surface area contributed by atoms with E-state index in [1.807, 2.05) is 6.08 Å². The second kappa shape index (κ2) is 8.22. The molecule has 4 rings (SSSR count). The number of morpholine rings is 1. The molecule has 0 amide bonds. The molecule has 0 radical (unpaired) electrons. The van der Waals surface area contributed by atoms with E-state index in [9.17, 15) is 0 Å². The molecule has 4 heteroatoms. The van der Waals surface area contributed by atoms with E-state index in [-0.39, 0.29) is 0 Å². The molecule has 2 aliphatic heterocycles.